The van der Waals surface area contributed by atoms with Crippen LogP contribution in [-0.4, -0.2) is 10.4 Å². The molecule has 32 heavy (non-hydrogen) atoms. The normalized spacial score (nSPS) is 20.1. The lowest BCUT2D eigenvalue weighted by atomic mass is 9.73. The molecule has 0 spiro atoms. The third-order valence-electron chi connectivity index (χ3n) is 5.86. The zero-order valence-electron chi connectivity index (χ0n) is 17.6. The van der Waals surface area contributed by atoms with E-state index in [1.165, 1.54) is 23.5 Å². The largest absolute Gasteiger partial charge is 0.294 e. The molecule has 0 fully saturated rings. The van der Waals surface area contributed by atoms with Gasteiger partial charge in [0.2, 0.25) is 0 Å². The number of hydrogen-bond donors (Lipinski definition) is 0. The Labute approximate surface area is 193 Å². The summed E-state index contributed by atoms with van der Waals surface area (Å²) in [5.41, 5.74) is 2.26. The van der Waals surface area contributed by atoms with Crippen LogP contribution in [0, 0.1) is 11.2 Å². The topological polar surface area (TPSA) is 51.4 Å². The van der Waals surface area contributed by atoms with E-state index in [9.17, 15) is 14.0 Å². The summed E-state index contributed by atoms with van der Waals surface area (Å²) in [4.78, 5) is 32.1. The average molecular weight is 467 g/mol. The van der Waals surface area contributed by atoms with Crippen molar-refractivity contribution in [3.63, 3.8) is 0 Å². The van der Waals surface area contributed by atoms with Gasteiger partial charge < -0.3 is 0 Å². The molecule has 1 aliphatic heterocycles. The number of hydrogen-bond acceptors (Lipinski definition) is 4. The standard InChI is InChI=1S/C25H20ClFN2O2S/c1-25(2)12-18-21(19(30)13-25)22(16-5-3-4-6-17(16)26)29-23(31)20(32-24(29)28-18)11-14-7-9-15(27)10-8-14/h3-11,22H,12-13H2,1-2H3. The molecule has 7 heteroatoms. The highest BCUT2D eigenvalue weighted by Crippen LogP contribution is 2.44. The van der Waals surface area contributed by atoms with Crippen LogP contribution in [0.3, 0.4) is 0 Å². The molecule has 1 unspecified atom stereocenters. The Morgan fingerprint density at radius 2 is 1.84 bits per heavy atom. The van der Waals surface area contributed by atoms with Crippen molar-refractivity contribution in [3.8, 4) is 0 Å². The highest BCUT2D eigenvalue weighted by Gasteiger charge is 2.41. The van der Waals surface area contributed by atoms with Crippen molar-refractivity contribution in [1.82, 2.24) is 4.57 Å². The minimum absolute atomic E-state index is 0.00210. The summed E-state index contributed by atoms with van der Waals surface area (Å²) in [7, 11) is 0. The van der Waals surface area contributed by atoms with E-state index < -0.39 is 6.04 Å². The summed E-state index contributed by atoms with van der Waals surface area (Å²) in [6.45, 7) is 4.11. The summed E-state index contributed by atoms with van der Waals surface area (Å²) in [6, 6.07) is 12.6. The first-order chi connectivity index (χ1) is 15.2. The maximum absolute atomic E-state index is 13.5. The maximum atomic E-state index is 13.5. The van der Waals surface area contributed by atoms with E-state index in [4.69, 9.17) is 16.6 Å². The van der Waals surface area contributed by atoms with E-state index >= 15 is 0 Å². The maximum Gasteiger partial charge on any atom is 0.271 e. The monoisotopic (exact) mass is 466 g/mol. The summed E-state index contributed by atoms with van der Waals surface area (Å²) < 4.78 is 15.3. The zero-order chi connectivity index (χ0) is 22.6. The van der Waals surface area contributed by atoms with E-state index in [2.05, 4.69) is 13.8 Å². The number of nitrogens with zero attached hydrogens (tertiary/aromatic N) is 2. The molecule has 0 saturated heterocycles. The highest BCUT2D eigenvalue weighted by molar-refractivity contribution is 7.07. The number of carbonyl (C=O) groups excluding carboxylic acids is 1. The Hall–Kier alpha value is -2.83. The lowest BCUT2D eigenvalue weighted by Gasteiger charge is -2.35. The van der Waals surface area contributed by atoms with Crippen LogP contribution in [0.1, 0.15) is 43.9 Å². The van der Waals surface area contributed by atoms with Gasteiger partial charge in [-0.3, -0.25) is 14.2 Å². The molecule has 1 aromatic heterocycles. The molecule has 2 aliphatic rings. The number of thiazole rings is 1. The molecule has 4 nitrogen and oxygen atoms in total. The minimum atomic E-state index is -0.617. The minimum Gasteiger partial charge on any atom is -0.294 e. The van der Waals surface area contributed by atoms with Crippen LogP contribution in [-0.2, 0) is 4.79 Å². The molecule has 2 heterocycles. The predicted octanol–water partition coefficient (Wildman–Crippen LogP) is 4.40. The van der Waals surface area contributed by atoms with Crippen molar-refractivity contribution in [2.24, 2.45) is 10.4 Å². The number of Topliss-reactive ketones (excluding diaryl/α,β-unsaturated/α-hetero) is 1. The molecule has 0 saturated carbocycles. The summed E-state index contributed by atoms with van der Waals surface area (Å²) in [5, 5.41) is 0.497. The fourth-order valence-corrected chi connectivity index (χ4v) is 5.71. The summed E-state index contributed by atoms with van der Waals surface area (Å²) >= 11 is 7.81. The third kappa shape index (κ3) is 3.57. The van der Waals surface area contributed by atoms with Gasteiger partial charge in [0.1, 0.15) is 5.82 Å². The molecule has 3 aromatic rings. The van der Waals surface area contributed by atoms with E-state index in [0.717, 1.165) is 5.70 Å². The molecule has 0 N–H and O–H groups in total. The molecule has 5 rings (SSSR count). The summed E-state index contributed by atoms with van der Waals surface area (Å²) in [6.07, 6.45) is 2.77. The van der Waals surface area contributed by atoms with Gasteiger partial charge in [0.05, 0.1) is 16.3 Å². The van der Waals surface area contributed by atoms with Crippen molar-refractivity contribution >= 4 is 34.8 Å². The third-order valence-corrected chi connectivity index (χ3v) is 7.19. The van der Waals surface area contributed by atoms with Crippen molar-refractivity contribution in [3.05, 3.63) is 101 Å². The Morgan fingerprint density at radius 3 is 2.56 bits per heavy atom. The number of halogens is 2. The first kappa shape index (κ1) is 21.0. The van der Waals surface area contributed by atoms with Crippen molar-refractivity contribution in [2.75, 3.05) is 0 Å². The molecular formula is C25H20ClFN2O2S. The molecule has 0 amide bonds. The lowest BCUT2D eigenvalue weighted by molar-refractivity contribution is -0.118. The molecular weight excluding hydrogens is 447 g/mol. The Kier molecular flexibility index (Phi) is 5.02. The number of carbonyl (C=O) groups is 1. The second-order valence-corrected chi connectivity index (χ2v) is 10.4. The fourth-order valence-electron chi connectivity index (χ4n) is 4.45. The van der Waals surface area contributed by atoms with Crippen LogP contribution in [0.2, 0.25) is 5.02 Å². The first-order valence-electron chi connectivity index (χ1n) is 10.3. The molecule has 162 valence electrons. The van der Waals surface area contributed by atoms with Gasteiger partial charge in [0, 0.05) is 17.0 Å². The Bertz CT molecular complexity index is 1460. The first-order valence-corrected chi connectivity index (χ1v) is 11.5. The Morgan fingerprint density at radius 1 is 1.12 bits per heavy atom. The quantitative estimate of drug-likeness (QED) is 0.562. The average Bonchev–Trinajstić information content (AvgIpc) is 3.03. The van der Waals surface area contributed by atoms with E-state index in [1.807, 2.05) is 18.2 Å². The van der Waals surface area contributed by atoms with Crippen molar-refractivity contribution < 1.29 is 9.18 Å². The number of ketones is 1. The van der Waals surface area contributed by atoms with Crippen LogP contribution in [0.4, 0.5) is 4.39 Å². The SMILES string of the molecule is CC1(C)CC(=O)C2=C(C1)N=c1sc(=Cc3ccc(F)cc3)c(=O)n1C2c1ccccc1Cl. The van der Waals surface area contributed by atoms with Gasteiger partial charge in [-0.1, -0.05) is 67.1 Å². The van der Waals surface area contributed by atoms with E-state index in [-0.39, 0.29) is 22.6 Å². The van der Waals surface area contributed by atoms with E-state index in [0.29, 0.717) is 43.9 Å². The smallest absolute Gasteiger partial charge is 0.271 e. The molecule has 0 radical (unpaired) electrons. The van der Waals surface area contributed by atoms with Gasteiger partial charge in [-0.25, -0.2) is 9.38 Å². The molecule has 1 atom stereocenters. The fraction of sp³-hybridized carbons (Fsp3) is 0.240. The van der Waals surface area contributed by atoms with Crippen LogP contribution in [0.15, 0.2) is 69.6 Å². The number of benzene rings is 2. The lowest BCUT2D eigenvalue weighted by Crippen LogP contribution is -2.42. The zero-order valence-corrected chi connectivity index (χ0v) is 19.1. The summed E-state index contributed by atoms with van der Waals surface area (Å²) in [5.74, 6) is -0.339. The number of rotatable bonds is 2. The van der Waals surface area contributed by atoms with Crippen molar-refractivity contribution in [2.45, 2.75) is 32.7 Å². The van der Waals surface area contributed by atoms with Crippen LogP contribution in [0.5, 0.6) is 0 Å². The second kappa shape index (κ2) is 7.64. The number of fused-ring (bicyclic) bond motifs is 1. The van der Waals surface area contributed by atoms with Gasteiger partial charge in [0.25, 0.3) is 5.56 Å². The van der Waals surface area contributed by atoms with Crippen LogP contribution in [0.25, 0.3) is 6.08 Å². The van der Waals surface area contributed by atoms with Gasteiger partial charge in [0.15, 0.2) is 10.6 Å². The van der Waals surface area contributed by atoms with E-state index in [1.54, 1.807) is 28.8 Å². The molecule has 1 aliphatic carbocycles. The predicted molar refractivity (Wildman–Crippen MR) is 124 cm³/mol. The van der Waals surface area contributed by atoms with Gasteiger partial charge in [-0.2, -0.15) is 0 Å². The number of allylic oxidation sites excluding steroid dienone is 2. The van der Waals surface area contributed by atoms with Crippen LogP contribution < -0.4 is 14.9 Å². The van der Waals surface area contributed by atoms with Gasteiger partial charge in [-0.05, 0) is 47.2 Å². The van der Waals surface area contributed by atoms with Gasteiger partial charge in [-0.15, -0.1) is 0 Å². The highest BCUT2D eigenvalue weighted by atomic mass is 35.5. The second-order valence-electron chi connectivity index (χ2n) is 8.96. The van der Waals surface area contributed by atoms with Gasteiger partial charge >= 0.3 is 0 Å². The molecule has 0 bridgehead atoms. The Balaban J connectivity index is 1.79. The van der Waals surface area contributed by atoms with Crippen LogP contribution >= 0.6 is 22.9 Å². The number of aromatic nitrogens is 1. The van der Waals surface area contributed by atoms with Crippen molar-refractivity contribution in [1.29, 1.82) is 0 Å². The molecule has 2 aromatic carbocycles.